The number of non-ortho nitro benzene ring substituents is 1. The van der Waals surface area contributed by atoms with Gasteiger partial charge in [0, 0.05) is 23.0 Å². The summed E-state index contributed by atoms with van der Waals surface area (Å²) in [6, 6.07) is 3.64. The van der Waals surface area contributed by atoms with E-state index in [9.17, 15) is 14.5 Å². The first kappa shape index (κ1) is 15.1. The maximum atomic E-state index is 13.4. The van der Waals surface area contributed by atoms with Gasteiger partial charge in [0.1, 0.15) is 5.82 Å². The highest BCUT2D eigenvalue weighted by atomic mass is 32.2. The fourth-order valence-corrected chi connectivity index (χ4v) is 3.61. The zero-order valence-corrected chi connectivity index (χ0v) is 12.3. The zero-order chi connectivity index (χ0) is 14.6. The molecule has 20 heavy (non-hydrogen) atoms. The Bertz CT molecular complexity index is 490. The van der Waals surface area contributed by atoms with Crippen molar-refractivity contribution < 1.29 is 9.31 Å². The summed E-state index contributed by atoms with van der Waals surface area (Å²) in [5, 5.41) is 13.9. The Balaban J connectivity index is 2.07. The minimum absolute atomic E-state index is 0.166. The van der Waals surface area contributed by atoms with Gasteiger partial charge in [-0.3, -0.25) is 10.1 Å². The first-order chi connectivity index (χ1) is 9.54. The van der Waals surface area contributed by atoms with Gasteiger partial charge in [-0.1, -0.05) is 19.3 Å². The topological polar surface area (TPSA) is 55.2 Å². The maximum Gasteiger partial charge on any atom is 0.274 e. The number of nitro benzene ring substituents is 1. The second-order valence-corrected chi connectivity index (χ2v) is 6.53. The third-order valence-corrected chi connectivity index (χ3v) is 5.32. The molecular weight excluding hydrogens is 279 g/mol. The van der Waals surface area contributed by atoms with Crippen molar-refractivity contribution in [2.75, 3.05) is 18.1 Å². The van der Waals surface area contributed by atoms with Crippen LogP contribution in [0.25, 0.3) is 0 Å². The molecule has 0 aromatic heterocycles. The number of anilines is 1. The molecule has 0 radical (unpaired) electrons. The predicted octanol–water partition coefficient (Wildman–Crippen LogP) is 4.21. The Morgan fingerprint density at radius 3 is 2.65 bits per heavy atom. The van der Waals surface area contributed by atoms with Crippen LogP contribution in [0.4, 0.5) is 15.8 Å². The highest BCUT2D eigenvalue weighted by molar-refractivity contribution is 8.00. The third kappa shape index (κ3) is 3.62. The van der Waals surface area contributed by atoms with Crippen LogP contribution in [-0.2, 0) is 0 Å². The maximum absolute atomic E-state index is 13.4. The lowest BCUT2D eigenvalue weighted by Crippen LogP contribution is -2.35. The van der Waals surface area contributed by atoms with Crippen molar-refractivity contribution >= 4 is 23.1 Å². The van der Waals surface area contributed by atoms with E-state index in [2.05, 4.69) is 11.6 Å². The highest BCUT2D eigenvalue weighted by Gasteiger charge is 2.30. The molecule has 0 unspecified atom stereocenters. The van der Waals surface area contributed by atoms with Gasteiger partial charge in [-0.05, 0) is 25.2 Å². The monoisotopic (exact) mass is 298 g/mol. The molecule has 0 amide bonds. The summed E-state index contributed by atoms with van der Waals surface area (Å²) in [7, 11) is 0. The number of nitrogens with one attached hydrogen (secondary N) is 1. The van der Waals surface area contributed by atoms with Crippen LogP contribution in [0.2, 0.25) is 0 Å². The third-order valence-electron chi connectivity index (χ3n) is 3.91. The van der Waals surface area contributed by atoms with Crippen LogP contribution in [-0.4, -0.2) is 22.5 Å². The lowest BCUT2D eigenvalue weighted by molar-refractivity contribution is -0.385. The number of thioether (sulfide) groups is 1. The zero-order valence-electron chi connectivity index (χ0n) is 11.5. The van der Waals surface area contributed by atoms with Crippen molar-refractivity contribution in [3.8, 4) is 0 Å². The first-order valence-corrected chi connectivity index (χ1v) is 8.01. The normalized spacial score (nSPS) is 17.7. The molecule has 0 atom stereocenters. The molecule has 1 aromatic carbocycles. The van der Waals surface area contributed by atoms with E-state index in [1.165, 1.54) is 31.4 Å². The number of nitrogens with zero attached hydrogens (tertiary/aromatic N) is 1. The van der Waals surface area contributed by atoms with Crippen molar-refractivity contribution in [2.45, 2.75) is 36.9 Å². The second kappa shape index (κ2) is 6.43. The predicted molar refractivity (Wildman–Crippen MR) is 80.9 cm³/mol. The number of benzene rings is 1. The molecule has 0 saturated heterocycles. The van der Waals surface area contributed by atoms with Gasteiger partial charge in [-0.15, -0.1) is 0 Å². The van der Waals surface area contributed by atoms with Gasteiger partial charge in [0.25, 0.3) is 5.69 Å². The molecule has 1 aliphatic carbocycles. The summed E-state index contributed by atoms with van der Waals surface area (Å²) in [4.78, 5) is 10.2. The number of rotatable bonds is 5. The van der Waals surface area contributed by atoms with Crippen LogP contribution in [0.3, 0.4) is 0 Å². The van der Waals surface area contributed by atoms with Crippen molar-refractivity contribution in [1.29, 1.82) is 0 Å². The average Bonchev–Trinajstić information content (AvgIpc) is 2.45. The van der Waals surface area contributed by atoms with Gasteiger partial charge < -0.3 is 5.32 Å². The van der Waals surface area contributed by atoms with E-state index in [1.807, 2.05) is 11.8 Å². The summed E-state index contributed by atoms with van der Waals surface area (Å²) in [6.07, 6.45) is 8.07. The van der Waals surface area contributed by atoms with E-state index in [0.717, 1.165) is 25.5 Å². The largest absolute Gasteiger partial charge is 0.383 e. The van der Waals surface area contributed by atoms with E-state index in [-0.39, 0.29) is 10.4 Å². The van der Waals surface area contributed by atoms with Gasteiger partial charge >= 0.3 is 0 Å². The lowest BCUT2D eigenvalue weighted by atomic mass is 9.88. The van der Waals surface area contributed by atoms with Crippen molar-refractivity contribution in [2.24, 2.45) is 0 Å². The smallest absolute Gasteiger partial charge is 0.274 e. The molecule has 0 aliphatic heterocycles. The summed E-state index contributed by atoms with van der Waals surface area (Å²) < 4.78 is 13.5. The standard InChI is InChI=1S/C14H19FN2O2S/c1-20-14(5-3-2-4-6-14)10-16-12-7-11(15)8-13(9-12)17(18)19/h7-9,16H,2-6,10H2,1H3. The summed E-state index contributed by atoms with van der Waals surface area (Å²) >= 11 is 1.84. The van der Waals surface area contributed by atoms with Gasteiger partial charge in [0.2, 0.25) is 0 Å². The SMILES string of the molecule is CSC1(CNc2cc(F)cc([N+](=O)[O-])c2)CCCCC1. The Kier molecular flexibility index (Phi) is 4.86. The Morgan fingerprint density at radius 2 is 2.05 bits per heavy atom. The van der Waals surface area contributed by atoms with Crippen molar-refractivity contribution in [3.63, 3.8) is 0 Å². The lowest BCUT2D eigenvalue weighted by Gasteiger charge is -2.36. The van der Waals surface area contributed by atoms with Crippen LogP contribution in [0.1, 0.15) is 32.1 Å². The molecule has 0 bridgehead atoms. The Labute approximate surface area is 122 Å². The van der Waals surface area contributed by atoms with Crippen molar-refractivity contribution in [3.05, 3.63) is 34.1 Å². The molecule has 0 heterocycles. The fraction of sp³-hybridized carbons (Fsp3) is 0.571. The molecule has 1 N–H and O–H groups in total. The Hall–Kier alpha value is -1.30. The summed E-state index contributed by atoms with van der Waals surface area (Å²) in [6.45, 7) is 0.717. The summed E-state index contributed by atoms with van der Waals surface area (Å²) in [5.41, 5.74) is 0.269. The molecule has 1 saturated carbocycles. The van der Waals surface area contributed by atoms with Gasteiger partial charge in [0.15, 0.2) is 0 Å². The van der Waals surface area contributed by atoms with Gasteiger partial charge in [-0.25, -0.2) is 4.39 Å². The molecular formula is C14H19FN2O2S. The molecule has 1 aromatic rings. The molecule has 6 heteroatoms. The molecule has 110 valence electrons. The molecule has 0 spiro atoms. The van der Waals surface area contributed by atoms with E-state index in [0.29, 0.717) is 5.69 Å². The van der Waals surface area contributed by atoms with Gasteiger partial charge in [0.05, 0.1) is 11.0 Å². The molecule has 4 nitrogen and oxygen atoms in total. The molecule has 1 aliphatic rings. The minimum Gasteiger partial charge on any atom is -0.383 e. The minimum atomic E-state index is -0.580. The van der Waals surface area contributed by atoms with E-state index in [4.69, 9.17) is 0 Å². The number of hydrogen-bond acceptors (Lipinski definition) is 4. The van der Waals surface area contributed by atoms with Crippen LogP contribution in [0.15, 0.2) is 18.2 Å². The van der Waals surface area contributed by atoms with Gasteiger partial charge in [-0.2, -0.15) is 11.8 Å². The fourth-order valence-electron chi connectivity index (χ4n) is 2.69. The number of halogens is 1. The second-order valence-electron chi connectivity index (χ2n) is 5.26. The molecule has 1 fully saturated rings. The highest BCUT2D eigenvalue weighted by Crippen LogP contribution is 2.38. The molecule has 2 rings (SSSR count). The van der Waals surface area contributed by atoms with Crippen molar-refractivity contribution in [1.82, 2.24) is 0 Å². The van der Waals surface area contributed by atoms with Crippen LogP contribution in [0, 0.1) is 15.9 Å². The number of nitro groups is 1. The average molecular weight is 298 g/mol. The quantitative estimate of drug-likeness (QED) is 0.653. The summed E-state index contributed by atoms with van der Waals surface area (Å²) in [5.74, 6) is -0.580. The number of hydrogen-bond donors (Lipinski definition) is 1. The first-order valence-electron chi connectivity index (χ1n) is 6.79. The van der Waals surface area contributed by atoms with Crippen LogP contribution in [0.5, 0.6) is 0 Å². The van der Waals surface area contributed by atoms with E-state index >= 15 is 0 Å². The van der Waals surface area contributed by atoms with Crippen LogP contribution < -0.4 is 5.32 Å². The van der Waals surface area contributed by atoms with E-state index in [1.54, 1.807) is 0 Å². The van der Waals surface area contributed by atoms with E-state index < -0.39 is 10.7 Å². The Morgan fingerprint density at radius 1 is 1.35 bits per heavy atom. The van der Waals surface area contributed by atoms with Crippen LogP contribution >= 0.6 is 11.8 Å².